The highest BCUT2D eigenvalue weighted by molar-refractivity contribution is 9.10. The maximum atomic E-state index is 12.2. The molecule has 354 valence electrons. The lowest BCUT2D eigenvalue weighted by molar-refractivity contribution is -0.111. The van der Waals surface area contributed by atoms with E-state index in [1.54, 1.807) is 30.6 Å². The first-order valence-corrected chi connectivity index (χ1v) is 23.3. The molecule has 0 atom stereocenters. The Morgan fingerprint density at radius 2 is 1.13 bits per heavy atom. The molecule has 3 aliphatic rings. The second kappa shape index (κ2) is 22.2. The van der Waals surface area contributed by atoms with Crippen LogP contribution in [0.25, 0.3) is 34.6 Å². The van der Waals surface area contributed by atoms with E-state index in [0.29, 0.717) is 58.1 Å². The highest BCUT2D eigenvalue weighted by atomic mass is 79.9. The zero-order valence-electron chi connectivity index (χ0n) is 39.8. The molecule has 68 heavy (non-hydrogen) atoms. The van der Waals surface area contributed by atoms with Crippen molar-refractivity contribution in [3.05, 3.63) is 137 Å². The van der Waals surface area contributed by atoms with Gasteiger partial charge in [0, 0.05) is 65.1 Å². The van der Waals surface area contributed by atoms with Crippen molar-refractivity contribution in [2.45, 2.75) is 51.7 Å². The van der Waals surface area contributed by atoms with Crippen molar-refractivity contribution in [1.29, 1.82) is 0 Å². The lowest BCUT2D eigenvalue weighted by Crippen LogP contribution is -2.41. The minimum absolute atomic E-state index is 0.0984. The SMILES string of the molecule is CN(C)CCCOc1ccc(-c2ccc(/C=C3/C(=O)Nc4ccccc43)o2)cn1.CN(C)CCCOc1ccc(B2OC(C)(C)C(C)(C)O2)cn1.O=C1Nc2ccccc2/C1=C\c1ccc(Br)o1. The third-order valence-electron chi connectivity index (χ3n) is 11.5. The molecule has 0 spiro atoms. The van der Waals surface area contributed by atoms with Crippen molar-refractivity contribution in [2.24, 2.45) is 0 Å². The molecule has 4 aromatic heterocycles. The second-order valence-corrected chi connectivity index (χ2v) is 18.7. The van der Waals surface area contributed by atoms with Crippen LogP contribution in [-0.2, 0) is 18.9 Å². The Morgan fingerprint density at radius 3 is 1.60 bits per heavy atom. The number of benzene rings is 2. The molecule has 0 radical (unpaired) electrons. The molecule has 6 aromatic rings. The van der Waals surface area contributed by atoms with Gasteiger partial charge >= 0.3 is 7.12 Å². The summed E-state index contributed by atoms with van der Waals surface area (Å²) in [5.74, 6) is 2.97. The molecule has 3 aliphatic heterocycles. The van der Waals surface area contributed by atoms with Crippen molar-refractivity contribution in [1.82, 2.24) is 19.8 Å². The number of amides is 2. The number of pyridine rings is 2. The summed E-state index contributed by atoms with van der Waals surface area (Å²) < 4.78 is 35.2. The van der Waals surface area contributed by atoms with E-state index in [2.05, 4.69) is 60.4 Å². The summed E-state index contributed by atoms with van der Waals surface area (Å²) >= 11 is 3.23. The Bertz CT molecular complexity index is 2710. The van der Waals surface area contributed by atoms with E-state index in [-0.39, 0.29) is 30.1 Å². The minimum atomic E-state index is -0.375. The summed E-state index contributed by atoms with van der Waals surface area (Å²) in [7, 11) is 7.81. The molecule has 1 saturated heterocycles. The standard InChI is InChI=1S/C23H23N3O3.C16H27BN2O3.C13H8BrNO2/c1-26(2)12-5-13-28-22-11-8-16(15-24-22)21-10-9-17(29-21)14-19-18-6-3-4-7-20(18)25-23(19)27;1-15(2)16(3,4)22-17(21-15)13-8-9-14(18-12-13)20-11-7-10-19(5)6;14-12-6-5-8(17-12)7-10-9-3-1-2-4-11(9)15-13(10)16/h3-4,6-11,14-15H,5,12-13H2,1-2H3,(H,25,27);8-9,12H,7,10-11H2,1-6H3;1-7H,(H,15,16)/b19-14+;;10-7+. The number of hydrogen-bond donors (Lipinski definition) is 2. The fourth-order valence-corrected chi connectivity index (χ4v) is 7.48. The number of nitrogens with one attached hydrogen (secondary N) is 2. The molecule has 2 aromatic carbocycles. The molecule has 0 bridgehead atoms. The maximum Gasteiger partial charge on any atom is 0.496 e. The molecular formula is C52H58BBrN6O8. The number of aromatic nitrogens is 2. The number of rotatable bonds is 14. The summed E-state index contributed by atoms with van der Waals surface area (Å²) in [6, 6.07) is 30.1. The van der Waals surface area contributed by atoms with Gasteiger partial charge in [-0.2, -0.15) is 0 Å². The Kier molecular flexibility index (Phi) is 16.2. The van der Waals surface area contributed by atoms with Crippen LogP contribution in [0.2, 0.25) is 0 Å². The number of hydrogen-bond acceptors (Lipinski definition) is 12. The van der Waals surface area contributed by atoms with Gasteiger partial charge in [-0.15, -0.1) is 0 Å². The molecule has 16 heteroatoms. The van der Waals surface area contributed by atoms with Gasteiger partial charge in [-0.1, -0.05) is 42.5 Å². The largest absolute Gasteiger partial charge is 0.496 e. The number of carbonyl (C=O) groups is 2. The van der Waals surface area contributed by atoms with Crippen molar-refractivity contribution in [3.8, 4) is 23.1 Å². The van der Waals surface area contributed by atoms with Gasteiger partial charge in [0.25, 0.3) is 11.8 Å². The van der Waals surface area contributed by atoms with E-state index in [1.165, 1.54) is 0 Å². The summed E-state index contributed by atoms with van der Waals surface area (Å²) in [6.07, 6.45) is 8.93. The zero-order chi connectivity index (χ0) is 48.4. The molecule has 2 N–H and O–H groups in total. The number of carbonyl (C=O) groups excluding carboxylic acids is 2. The fraction of sp³-hybridized carbons (Fsp3) is 0.308. The lowest BCUT2D eigenvalue weighted by Gasteiger charge is -2.32. The molecule has 14 nitrogen and oxygen atoms in total. The van der Waals surface area contributed by atoms with E-state index in [0.717, 1.165) is 59.5 Å². The summed E-state index contributed by atoms with van der Waals surface area (Å²) in [6.45, 7) is 11.5. The average molecular weight is 986 g/mol. The minimum Gasteiger partial charge on any atom is -0.478 e. The van der Waals surface area contributed by atoms with Gasteiger partial charge in [-0.3, -0.25) is 9.59 Å². The van der Waals surface area contributed by atoms with E-state index in [9.17, 15) is 9.59 Å². The summed E-state index contributed by atoms with van der Waals surface area (Å²) in [4.78, 5) is 37.0. The number of nitrogens with zero attached hydrogens (tertiary/aromatic N) is 4. The van der Waals surface area contributed by atoms with Crippen molar-refractivity contribution in [3.63, 3.8) is 0 Å². The van der Waals surface area contributed by atoms with Gasteiger partial charge in [0.15, 0.2) is 4.67 Å². The van der Waals surface area contributed by atoms with Gasteiger partial charge in [0.05, 0.1) is 35.6 Å². The number of halogens is 1. The Morgan fingerprint density at radius 1 is 0.632 bits per heavy atom. The monoisotopic (exact) mass is 984 g/mol. The third kappa shape index (κ3) is 12.8. The highest BCUT2D eigenvalue weighted by Gasteiger charge is 2.51. The van der Waals surface area contributed by atoms with Gasteiger partial charge in [-0.05, 0) is 145 Å². The number of fused-ring (bicyclic) bond motifs is 2. The Hall–Kier alpha value is -6.30. The third-order valence-corrected chi connectivity index (χ3v) is 11.9. The predicted molar refractivity (Wildman–Crippen MR) is 272 cm³/mol. The molecule has 7 heterocycles. The zero-order valence-corrected chi connectivity index (χ0v) is 41.4. The summed E-state index contributed by atoms with van der Waals surface area (Å²) in [5.41, 5.74) is 5.78. The van der Waals surface area contributed by atoms with Crippen LogP contribution in [0.15, 0.2) is 123 Å². The summed E-state index contributed by atoms with van der Waals surface area (Å²) in [5, 5.41) is 5.68. The fourth-order valence-electron chi connectivity index (χ4n) is 7.16. The molecule has 0 aliphatic carbocycles. The lowest BCUT2D eigenvalue weighted by atomic mass is 9.80. The van der Waals surface area contributed by atoms with Gasteiger partial charge in [0.1, 0.15) is 17.3 Å². The van der Waals surface area contributed by atoms with Crippen LogP contribution in [0.5, 0.6) is 11.8 Å². The first-order chi connectivity index (χ1) is 32.5. The number of para-hydroxylation sites is 2. The number of furan rings is 2. The van der Waals surface area contributed by atoms with E-state index < -0.39 is 0 Å². The first-order valence-electron chi connectivity index (χ1n) is 22.5. The molecular weight excluding hydrogens is 927 g/mol. The van der Waals surface area contributed by atoms with Crippen LogP contribution in [-0.4, -0.2) is 104 Å². The van der Waals surface area contributed by atoms with E-state index in [4.69, 9.17) is 27.6 Å². The van der Waals surface area contributed by atoms with Crippen molar-refractivity contribution in [2.75, 3.05) is 65.1 Å². The normalized spacial score (nSPS) is 16.5. The van der Waals surface area contributed by atoms with Crippen molar-refractivity contribution < 1.29 is 37.2 Å². The molecule has 9 rings (SSSR count). The van der Waals surface area contributed by atoms with Crippen LogP contribution >= 0.6 is 15.9 Å². The Balaban J connectivity index is 0.000000157. The smallest absolute Gasteiger partial charge is 0.478 e. The number of ether oxygens (including phenoxy) is 2. The van der Waals surface area contributed by atoms with Crippen LogP contribution < -0.4 is 25.6 Å². The first kappa shape index (κ1) is 49.6. The molecule has 0 saturated carbocycles. The average Bonchev–Trinajstić information content (AvgIpc) is 4.13. The highest BCUT2D eigenvalue weighted by Crippen LogP contribution is 2.37. The molecule has 0 unspecified atom stereocenters. The van der Waals surface area contributed by atoms with Crippen LogP contribution in [0.3, 0.4) is 0 Å². The Labute approximate surface area is 407 Å². The quantitative estimate of drug-likeness (QED) is 0.0608. The van der Waals surface area contributed by atoms with E-state index >= 15 is 0 Å². The molecule has 1 fully saturated rings. The second-order valence-electron chi connectivity index (χ2n) is 17.9. The van der Waals surface area contributed by atoms with Crippen molar-refractivity contribution >= 4 is 75.0 Å². The topological polar surface area (TPSA) is 154 Å². The van der Waals surface area contributed by atoms with Crippen LogP contribution in [0.1, 0.15) is 63.2 Å². The van der Waals surface area contributed by atoms with Gasteiger partial charge in [0.2, 0.25) is 11.8 Å². The van der Waals surface area contributed by atoms with Crippen LogP contribution in [0, 0.1) is 0 Å². The van der Waals surface area contributed by atoms with Crippen LogP contribution in [0.4, 0.5) is 11.4 Å². The molecule has 2 amide bonds. The predicted octanol–water partition coefficient (Wildman–Crippen LogP) is 9.41. The van der Waals surface area contributed by atoms with Gasteiger partial charge in [-0.25, -0.2) is 9.97 Å². The number of anilines is 2. The van der Waals surface area contributed by atoms with E-state index in [1.807, 2.05) is 133 Å². The van der Waals surface area contributed by atoms with Gasteiger partial charge < -0.3 is 48.1 Å². The maximum absolute atomic E-state index is 12.2.